The lowest BCUT2D eigenvalue weighted by atomic mass is 10.4. The predicted octanol–water partition coefficient (Wildman–Crippen LogP) is 2.99. The van der Waals surface area contributed by atoms with Crippen molar-refractivity contribution in [3.8, 4) is 5.75 Å². The third-order valence-corrected chi connectivity index (χ3v) is 2.61. The minimum Gasteiger partial charge on any atom is -0.497 e. The summed E-state index contributed by atoms with van der Waals surface area (Å²) in [5.41, 5.74) is 0. The fourth-order valence-electron chi connectivity index (χ4n) is 1.21. The van der Waals surface area contributed by atoms with E-state index in [1.54, 1.807) is 31.6 Å². The third kappa shape index (κ3) is 2.49. The summed E-state index contributed by atoms with van der Waals surface area (Å²) < 4.78 is 6.00. The van der Waals surface area contributed by atoms with E-state index in [1.165, 1.54) is 0 Å². The summed E-state index contributed by atoms with van der Waals surface area (Å²) in [4.78, 5) is 8.36. The summed E-state index contributed by atoms with van der Waals surface area (Å²) in [5, 5.41) is 3.10. The molecule has 0 spiro atoms. The van der Waals surface area contributed by atoms with E-state index in [9.17, 15) is 0 Å². The number of nitrogens with zero attached hydrogens (tertiary/aromatic N) is 2. The summed E-state index contributed by atoms with van der Waals surface area (Å²) in [6.07, 6.45) is 3.39. The summed E-state index contributed by atoms with van der Waals surface area (Å²) in [6.45, 7) is 0. The molecule has 2 rings (SSSR count). The van der Waals surface area contributed by atoms with Gasteiger partial charge in [-0.25, -0.2) is 9.97 Å². The molecule has 0 amide bonds. The van der Waals surface area contributed by atoms with Gasteiger partial charge in [0.05, 0.1) is 11.6 Å². The van der Waals surface area contributed by atoms with Crippen LogP contribution in [0.3, 0.4) is 0 Å². The van der Waals surface area contributed by atoms with Crippen LogP contribution in [0.2, 0.25) is 0 Å². The van der Waals surface area contributed by atoms with Crippen molar-refractivity contribution in [2.24, 2.45) is 0 Å². The van der Waals surface area contributed by atoms with Gasteiger partial charge in [-0.1, -0.05) is 0 Å². The van der Waals surface area contributed by atoms with Crippen molar-refractivity contribution in [1.29, 1.82) is 0 Å². The van der Waals surface area contributed by atoms with Crippen LogP contribution in [0.1, 0.15) is 0 Å². The highest BCUT2D eigenvalue weighted by Crippen LogP contribution is 2.23. The molecular weight excluding hydrogens is 270 g/mol. The van der Waals surface area contributed by atoms with E-state index in [0.717, 1.165) is 16.0 Å². The first kappa shape index (κ1) is 10.9. The maximum Gasteiger partial charge on any atom is 0.145 e. The topological polar surface area (TPSA) is 47.0 Å². The first-order valence-corrected chi connectivity index (χ1v) is 5.46. The van der Waals surface area contributed by atoms with Crippen LogP contribution in [0, 0.1) is 0 Å². The molecule has 0 radical (unpaired) electrons. The fraction of sp³-hybridized carbons (Fsp3) is 0.0909. The molecule has 0 aliphatic carbocycles. The summed E-state index contributed by atoms with van der Waals surface area (Å²) >= 11 is 3.41. The fourth-order valence-corrected chi connectivity index (χ4v) is 1.56. The Kier molecular flexibility index (Phi) is 3.36. The molecule has 0 unspecified atom stereocenters. The SMILES string of the molecule is COc1ccnc(Nc2ncccc2Br)c1. The van der Waals surface area contributed by atoms with E-state index >= 15 is 0 Å². The maximum absolute atomic E-state index is 5.11. The molecule has 0 aromatic carbocycles. The lowest BCUT2D eigenvalue weighted by molar-refractivity contribution is 0.414. The van der Waals surface area contributed by atoms with Gasteiger partial charge < -0.3 is 10.1 Å². The van der Waals surface area contributed by atoms with E-state index < -0.39 is 0 Å². The highest BCUT2D eigenvalue weighted by molar-refractivity contribution is 9.10. The molecule has 0 aliphatic heterocycles. The zero-order valence-electron chi connectivity index (χ0n) is 8.64. The number of hydrogen-bond donors (Lipinski definition) is 1. The Labute approximate surface area is 102 Å². The van der Waals surface area contributed by atoms with E-state index in [0.29, 0.717) is 5.82 Å². The maximum atomic E-state index is 5.11. The standard InChI is InChI=1S/C11H10BrN3O/c1-16-8-4-6-13-10(7-8)15-11-9(12)3-2-5-14-11/h2-7H,1H3,(H,13,14,15). The van der Waals surface area contributed by atoms with Gasteiger partial charge in [-0.3, -0.25) is 0 Å². The molecule has 2 heterocycles. The molecule has 0 saturated heterocycles. The second kappa shape index (κ2) is 4.94. The number of halogens is 1. The van der Waals surface area contributed by atoms with Crippen LogP contribution in [0.25, 0.3) is 0 Å². The first-order chi connectivity index (χ1) is 7.79. The van der Waals surface area contributed by atoms with Gasteiger partial charge in [0.1, 0.15) is 17.4 Å². The molecule has 1 N–H and O–H groups in total. The van der Waals surface area contributed by atoms with Gasteiger partial charge >= 0.3 is 0 Å². The van der Waals surface area contributed by atoms with Gasteiger partial charge in [0.25, 0.3) is 0 Å². The molecule has 16 heavy (non-hydrogen) atoms. The van der Waals surface area contributed by atoms with Crippen molar-refractivity contribution in [1.82, 2.24) is 9.97 Å². The van der Waals surface area contributed by atoms with Crippen LogP contribution < -0.4 is 10.1 Å². The number of rotatable bonds is 3. The molecule has 2 aromatic heterocycles. The van der Waals surface area contributed by atoms with Crippen LogP contribution in [0.5, 0.6) is 5.75 Å². The normalized spacial score (nSPS) is 9.88. The molecule has 4 nitrogen and oxygen atoms in total. The highest BCUT2D eigenvalue weighted by Gasteiger charge is 2.02. The quantitative estimate of drug-likeness (QED) is 0.938. The van der Waals surface area contributed by atoms with Crippen molar-refractivity contribution in [3.05, 3.63) is 41.1 Å². The Hall–Kier alpha value is -1.62. The molecule has 2 aromatic rings. The molecule has 82 valence electrons. The number of nitrogens with one attached hydrogen (secondary N) is 1. The average molecular weight is 280 g/mol. The van der Waals surface area contributed by atoms with Crippen molar-refractivity contribution >= 4 is 27.6 Å². The minimum atomic E-state index is 0.693. The average Bonchev–Trinajstić information content (AvgIpc) is 2.32. The van der Waals surface area contributed by atoms with Crippen molar-refractivity contribution in [3.63, 3.8) is 0 Å². The smallest absolute Gasteiger partial charge is 0.145 e. The summed E-state index contributed by atoms with van der Waals surface area (Å²) in [7, 11) is 1.62. The molecule has 5 heteroatoms. The van der Waals surface area contributed by atoms with E-state index in [-0.39, 0.29) is 0 Å². The Balaban J connectivity index is 2.24. The number of ether oxygens (including phenoxy) is 1. The van der Waals surface area contributed by atoms with Crippen molar-refractivity contribution < 1.29 is 4.74 Å². The molecule has 0 saturated carbocycles. The Morgan fingerprint density at radius 1 is 1.25 bits per heavy atom. The molecule has 0 aliphatic rings. The van der Waals surface area contributed by atoms with E-state index in [2.05, 4.69) is 31.2 Å². The van der Waals surface area contributed by atoms with Crippen LogP contribution in [-0.4, -0.2) is 17.1 Å². The van der Waals surface area contributed by atoms with Gasteiger partial charge in [-0.2, -0.15) is 0 Å². The van der Waals surface area contributed by atoms with Gasteiger partial charge in [-0.05, 0) is 34.1 Å². The monoisotopic (exact) mass is 279 g/mol. The number of pyridine rings is 2. The van der Waals surface area contributed by atoms with Crippen molar-refractivity contribution in [2.75, 3.05) is 12.4 Å². The Bertz CT molecular complexity index is 490. The second-order valence-corrected chi connectivity index (χ2v) is 3.89. The zero-order chi connectivity index (χ0) is 11.4. The van der Waals surface area contributed by atoms with Gasteiger partial charge in [-0.15, -0.1) is 0 Å². The van der Waals surface area contributed by atoms with Gasteiger partial charge in [0.15, 0.2) is 0 Å². The minimum absolute atomic E-state index is 0.693. The van der Waals surface area contributed by atoms with E-state index in [4.69, 9.17) is 4.74 Å². The molecule has 0 bridgehead atoms. The Morgan fingerprint density at radius 2 is 2.12 bits per heavy atom. The number of hydrogen-bond acceptors (Lipinski definition) is 4. The van der Waals surface area contributed by atoms with E-state index in [1.807, 2.05) is 12.1 Å². The van der Waals surface area contributed by atoms with Crippen LogP contribution in [0.15, 0.2) is 41.1 Å². The summed E-state index contributed by atoms with van der Waals surface area (Å²) in [6, 6.07) is 7.36. The predicted molar refractivity (Wildman–Crippen MR) is 66.0 cm³/mol. The number of anilines is 2. The van der Waals surface area contributed by atoms with Crippen LogP contribution >= 0.6 is 15.9 Å². The largest absolute Gasteiger partial charge is 0.497 e. The van der Waals surface area contributed by atoms with Gasteiger partial charge in [0.2, 0.25) is 0 Å². The summed E-state index contributed by atoms with van der Waals surface area (Å²) in [5.74, 6) is 2.17. The zero-order valence-corrected chi connectivity index (χ0v) is 10.2. The lowest BCUT2D eigenvalue weighted by Crippen LogP contribution is -1.96. The number of methoxy groups -OCH3 is 1. The van der Waals surface area contributed by atoms with Crippen molar-refractivity contribution in [2.45, 2.75) is 0 Å². The third-order valence-electron chi connectivity index (χ3n) is 1.97. The van der Waals surface area contributed by atoms with Gasteiger partial charge in [0, 0.05) is 18.5 Å². The second-order valence-electron chi connectivity index (χ2n) is 3.04. The first-order valence-electron chi connectivity index (χ1n) is 4.67. The Morgan fingerprint density at radius 3 is 2.88 bits per heavy atom. The molecule has 0 atom stereocenters. The lowest BCUT2D eigenvalue weighted by Gasteiger charge is -2.07. The highest BCUT2D eigenvalue weighted by atomic mass is 79.9. The van der Waals surface area contributed by atoms with Crippen LogP contribution in [0.4, 0.5) is 11.6 Å². The molecule has 0 fully saturated rings. The molecular formula is C11H10BrN3O. The van der Waals surface area contributed by atoms with Crippen LogP contribution in [-0.2, 0) is 0 Å². The number of aromatic nitrogens is 2.